The third kappa shape index (κ3) is 8.77. The van der Waals surface area contributed by atoms with Gasteiger partial charge < -0.3 is 20.4 Å². The Morgan fingerprint density at radius 3 is 2.51 bits per heavy atom. The maximum absolute atomic E-state index is 14.3. The topological polar surface area (TPSA) is 89.9 Å². The highest BCUT2D eigenvalue weighted by atomic mass is 32.1. The number of urea groups is 1. The van der Waals surface area contributed by atoms with E-state index < -0.39 is 34.6 Å². The third-order valence-electron chi connectivity index (χ3n) is 11.3. The minimum Gasteiger partial charge on any atom is -0.393 e. The highest BCUT2D eigenvalue weighted by molar-refractivity contribution is 7.09. The predicted octanol–water partition coefficient (Wildman–Crippen LogP) is 9.81. The summed E-state index contributed by atoms with van der Waals surface area (Å²) in [6, 6.07) is 22.8. The molecule has 4 atom stereocenters. The van der Waals surface area contributed by atoms with Gasteiger partial charge in [0, 0.05) is 33.7 Å². The average Bonchev–Trinajstić information content (AvgIpc) is 3.74. The predicted molar refractivity (Wildman–Crippen MR) is 203 cm³/mol. The molecule has 1 heterocycles. The number of benzene rings is 3. The van der Waals surface area contributed by atoms with Crippen LogP contribution in [0.2, 0.25) is 0 Å². The van der Waals surface area contributed by atoms with Crippen LogP contribution in [0.3, 0.4) is 0 Å². The fraction of sp³-hybridized carbons (Fsp3) is 0.395. The minimum atomic E-state index is -4.62. The molecule has 4 unspecified atom stereocenters. The fourth-order valence-electron chi connectivity index (χ4n) is 8.18. The van der Waals surface area contributed by atoms with E-state index in [1.54, 1.807) is 22.3 Å². The number of aliphatic hydroxyl groups excluding tert-OH is 1. The Bertz CT molecular complexity index is 1930. The number of fused-ring (bicyclic) bond motifs is 8. The molecule has 0 saturated heterocycles. The SMILES string of the molecule is CC1=CCCC2(C)C(CCC2(O)CN(CCc2cccs2)C(=O)Nc2ccccc2)c2ccc(cc2C(=O)c2cccc(C(F)(F)F)c2)CC(O)CC1. The molecule has 3 aliphatic carbocycles. The molecule has 0 spiro atoms. The normalized spacial score (nSPS) is 23.5. The van der Waals surface area contributed by atoms with Gasteiger partial charge in [-0.3, -0.25) is 4.79 Å². The summed E-state index contributed by atoms with van der Waals surface area (Å²) in [4.78, 5) is 31.1. The van der Waals surface area contributed by atoms with Crippen LogP contribution in [-0.4, -0.2) is 51.7 Å². The van der Waals surface area contributed by atoms with Crippen molar-refractivity contribution in [2.24, 2.45) is 5.41 Å². The molecular weight excluding hydrogens is 698 g/mol. The first-order valence-electron chi connectivity index (χ1n) is 18.3. The Balaban J connectivity index is 1.41. The number of nitrogens with zero attached hydrogens (tertiary/aromatic N) is 1. The molecule has 1 saturated carbocycles. The largest absolute Gasteiger partial charge is 0.416 e. The first-order valence-corrected chi connectivity index (χ1v) is 19.2. The van der Waals surface area contributed by atoms with Gasteiger partial charge in [-0.15, -0.1) is 11.3 Å². The van der Waals surface area contributed by atoms with E-state index >= 15 is 0 Å². The van der Waals surface area contributed by atoms with E-state index in [9.17, 15) is 33.0 Å². The second kappa shape index (κ2) is 16.0. The summed E-state index contributed by atoms with van der Waals surface area (Å²) >= 11 is 1.61. The molecule has 280 valence electrons. The van der Waals surface area contributed by atoms with E-state index in [0.29, 0.717) is 68.3 Å². The number of carbonyl (C=O) groups excluding carboxylic acids is 2. The van der Waals surface area contributed by atoms with Crippen molar-refractivity contribution in [1.82, 2.24) is 4.90 Å². The zero-order chi connectivity index (χ0) is 37.8. The molecule has 53 heavy (non-hydrogen) atoms. The molecule has 7 rings (SSSR count). The van der Waals surface area contributed by atoms with Crippen molar-refractivity contribution in [3.63, 3.8) is 0 Å². The van der Waals surface area contributed by atoms with Crippen molar-refractivity contribution in [3.8, 4) is 0 Å². The summed E-state index contributed by atoms with van der Waals surface area (Å²) in [5.41, 5.74) is 0.220. The van der Waals surface area contributed by atoms with Gasteiger partial charge in [-0.05, 0) is 117 Å². The molecule has 6 nitrogen and oxygen atoms in total. The number of alkyl halides is 3. The molecular formula is C43H47F3N2O4S. The van der Waals surface area contributed by atoms with Gasteiger partial charge in [-0.1, -0.05) is 67.1 Å². The molecule has 1 aromatic heterocycles. The lowest BCUT2D eigenvalue weighted by atomic mass is 9.64. The van der Waals surface area contributed by atoms with Crippen molar-refractivity contribution in [3.05, 3.63) is 135 Å². The molecule has 10 heteroatoms. The number of aliphatic hydroxyl groups is 2. The standard InChI is InChI=1S/C43H47F3N2O4S/c1-29-9-7-21-41(2)38(19-22-42(41,52)28-48(23-20-35-14-8-24-53-35)40(51)47-33-12-4-3-5-13-33)36-18-16-30(25-34(49)17-15-29)26-37(36)39(50)31-10-6-11-32(27-31)43(44,45)46/h3-6,8-14,16,18,24,26-27,34,38,49,52H,7,15,17,19-23,25,28H2,1-2H3,(H,47,51). The zero-order valence-corrected chi connectivity index (χ0v) is 31.0. The first kappa shape index (κ1) is 38.5. The first-order chi connectivity index (χ1) is 25.3. The number of hydrogen-bond donors (Lipinski definition) is 3. The Labute approximate surface area is 313 Å². The van der Waals surface area contributed by atoms with Gasteiger partial charge in [0.2, 0.25) is 0 Å². The van der Waals surface area contributed by atoms with Crippen molar-refractivity contribution in [2.45, 2.75) is 89.0 Å². The van der Waals surface area contributed by atoms with Gasteiger partial charge in [-0.2, -0.15) is 13.2 Å². The smallest absolute Gasteiger partial charge is 0.393 e. The molecule has 3 aromatic carbocycles. The number of nitrogens with one attached hydrogen (secondary N) is 1. The maximum atomic E-state index is 14.3. The van der Waals surface area contributed by atoms with Gasteiger partial charge in [0.1, 0.15) is 0 Å². The van der Waals surface area contributed by atoms with E-state index in [0.717, 1.165) is 22.6 Å². The minimum absolute atomic E-state index is 0.0495. The van der Waals surface area contributed by atoms with E-state index in [4.69, 9.17) is 0 Å². The van der Waals surface area contributed by atoms with E-state index in [1.165, 1.54) is 12.1 Å². The Kier molecular flexibility index (Phi) is 11.6. The van der Waals surface area contributed by atoms with Crippen molar-refractivity contribution >= 4 is 28.8 Å². The summed E-state index contributed by atoms with van der Waals surface area (Å²) in [7, 11) is 0. The van der Waals surface area contributed by atoms with Crippen LogP contribution in [0.25, 0.3) is 0 Å². The number of rotatable bonds is 8. The lowest BCUT2D eigenvalue weighted by Gasteiger charge is -2.46. The monoisotopic (exact) mass is 744 g/mol. The molecule has 2 bridgehead atoms. The number of halogens is 3. The lowest BCUT2D eigenvalue weighted by Crippen LogP contribution is -2.54. The number of hydrogen-bond acceptors (Lipinski definition) is 5. The van der Waals surface area contributed by atoms with Crippen molar-refractivity contribution in [2.75, 3.05) is 18.4 Å². The number of amides is 2. The van der Waals surface area contributed by atoms with Crippen LogP contribution < -0.4 is 5.32 Å². The summed E-state index contributed by atoms with van der Waals surface area (Å²) in [6.45, 7) is 4.49. The highest BCUT2D eigenvalue weighted by Crippen LogP contribution is 2.59. The van der Waals surface area contributed by atoms with Crippen molar-refractivity contribution in [1.29, 1.82) is 0 Å². The second-order valence-corrected chi connectivity index (χ2v) is 15.9. The molecule has 0 radical (unpaired) electrons. The zero-order valence-electron chi connectivity index (χ0n) is 30.2. The van der Waals surface area contributed by atoms with Crippen LogP contribution >= 0.6 is 11.3 Å². The molecule has 3 aliphatic rings. The molecule has 0 aliphatic heterocycles. The van der Waals surface area contributed by atoms with E-state index in [-0.39, 0.29) is 36.0 Å². The van der Waals surface area contributed by atoms with Crippen LogP contribution in [0.4, 0.5) is 23.7 Å². The summed E-state index contributed by atoms with van der Waals surface area (Å²) < 4.78 is 41.3. The lowest BCUT2D eigenvalue weighted by molar-refractivity contribution is -0.137. The quantitative estimate of drug-likeness (QED) is 0.124. The molecule has 2 amide bonds. The van der Waals surface area contributed by atoms with E-state index in [2.05, 4.69) is 11.4 Å². The third-order valence-corrected chi connectivity index (χ3v) is 12.3. The number of anilines is 1. The number of ketones is 1. The second-order valence-electron chi connectivity index (χ2n) is 14.9. The highest BCUT2D eigenvalue weighted by Gasteiger charge is 2.57. The summed E-state index contributed by atoms with van der Waals surface area (Å²) in [5.74, 6) is -0.896. The Hall–Kier alpha value is -4.25. The van der Waals surface area contributed by atoms with Crippen molar-refractivity contribution < 1.29 is 33.0 Å². The Morgan fingerprint density at radius 2 is 1.77 bits per heavy atom. The van der Waals surface area contributed by atoms with Gasteiger partial charge in [-0.25, -0.2) is 4.79 Å². The fourth-order valence-corrected chi connectivity index (χ4v) is 8.88. The summed E-state index contributed by atoms with van der Waals surface area (Å²) in [5, 5.41) is 28.9. The summed E-state index contributed by atoms with van der Waals surface area (Å²) in [6.07, 6.45) is 0.967. The van der Waals surface area contributed by atoms with Gasteiger partial charge in [0.25, 0.3) is 0 Å². The number of allylic oxidation sites excluding steroid dienone is 2. The van der Waals surface area contributed by atoms with Gasteiger partial charge in [0.05, 0.1) is 23.8 Å². The van der Waals surface area contributed by atoms with Gasteiger partial charge >= 0.3 is 12.2 Å². The molecule has 4 aromatic rings. The average molecular weight is 745 g/mol. The van der Waals surface area contributed by atoms with Crippen LogP contribution in [-0.2, 0) is 19.0 Å². The molecule has 3 N–H and O–H groups in total. The van der Waals surface area contributed by atoms with Crippen LogP contribution in [0.15, 0.2) is 102 Å². The number of carbonyl (C=O) groups is 2. The number of para-hydroxylation sites is 1. The maximum Gasteiger partial charge on any atom is 0.416 e. The van der Waals surface area contributed by atoms with E-state index in [1.807, 2.05) is 73.8 Å². The number of thiophene rings is 1. The van der Waals surface area contributed by atoms with Crippen LogP contribution in [0, 0.1) is 5.41 Å². The Morgan fingerprint density at radius 1 is 0.981 bits per heavy atom. The van der Waals surface area contributed by atoms with Crippen LogP contribution in [0.5, 0.6) is 0 Å². The van der Waals surface area contributed by atoms with Gasteiger partial charge in [0.15, 0.2) is 5.78 Å². The van der Waals surface area contributed by atoms with Crippen LogP contribution in [0.1, 0.15) is 95.8 Å². The molecule has 1 fully saturated rings.